The fourth-order valence-corrected chi connectivity index (χ4v) is 4.64. The number of anilines is 1. The number of nitro benzene ring substituents is 1. The Bertz CT molecular complexity index is 1370. The van der Waals surface area contributed by atoms with E-state index >= 15 is 0 Å². The number of benzene rings is 2. The topological polar surface area (TPSA) is 123 Å². The third-order valence-corrected chi connectivity index (χ3v) is 6.41. The van der Waals surface area contributed by atoms with Gasteiger partial charge in [0, 0.05) is 39.0 Å². The normalized spacial score (nSPS) is 14.6. The molecule has 2 aromatic carbocycles. The van der Waals surface area contributed by atoms with Crippen LogP contribution in [0.3, 0.4) is 0 Å². The molecule has 0 atom stereocenters. The third kappa shape index (κ3) is 5.22. The summed E-state index contributed by atoms with van der Waals surface area (Å²) < 4.78 is 6.21. The molecule has 0 unspecified atom stereocenters. The van der Waals surface area contributed by atoms with Crippen molar-refractivity contribution in [3.05, 3.63) is 84.9 Å². The number of amides is 3. The van der Waals surface area contributed by atoms with E-state index in [-0.39, 0.29) is 10.6 Å². The van der Waals surface area contributed by atoms with Crippen LogP contribution in [0.15, 0.2) is 68.4 Å². The highest BCUT2D eigenvalue weighted by Crippen LogP contribution is 2.35. The Labute approximate surface area is 210 Å². The van der Waals surface area contributed by atoms with Crippen LogP contribution in [-0.2, 0) is 9.59 Å². The fraction of sp³-hybridized carbons (Fsp3) is 0.0455. The second-order valence-electron chi connectivity index (χ2n) is 6.95. The van der Waals surface area contributed by atoms with Crippen LogP contribution >= 0.6 is 39.3 Å². The van der Waals surface area contributed by atoms with Gasteiger partial charge in [-0.3, -0.25) is 29.4 Å². The molecule has 3 amide bonds. The Morgan fingerprint density at radius 2 is 2.00 bits per heavy atom. The Kier molecular flexibility index (Phi) is 6.87. The smallest absolute Gasteiger partial charge is 0.294 e. The minimum atomic E-state index is -0.620. The first kappa shape index (κ1) is 23.7. The Morgan fingerprint density at radius 1 is 1.21 bits per heavy atom. The van der Waals surface area contributed by atoms with Gasteiger partial charge in [0.05, 0.1) is 9.83 Å². The number of nitrogens with one attached hydrogen (secondary N) is 1. The number of halogens is 2. The van der Waals surface area contributed by atoms with Gasteiger partial charge in [-0.25, -0.2) is 0 Å². The molecule has 1 fully saturated rings. The zero-order valence-corrected chi connectivity index (χ0v) is 20.1. The van der Waals surface area contributed by atoms with E-state index in [1.54, 1.807) is 36.4 Å². The summed E-state index contributed by atoms with van der Waals surface area (Å²) in [5.74, 6) is -0.456. The highest BCUT2D eigenvalue weighted by molar-refractivity contribution is 9.10. The quantitative estimate of drug-likeness (QED) is 0.224. The van der Waals surface area contributed by atoms with Crippen LogP contribution in [0.4, 0.5) is 16.2 Å². The molecule has 34 heavy (non-hydrogen) atoms. The molecule has 1 saturated heterocycles. The summed E-state index contributed by atoms with van der Waals surface area (Å²) in [6.07, 6.45) is 1.41. The van der Waals surface area contributed by atoms with Crippen molar-refractivity contribution in [1.29, 1.82) is 0 Å². The van der Waals surface area contributed by atoms with Crippen molar-refractivity contribution in [2.75, 3.05) is 11.9 Å². The largest absolute Gasteiger partial charge is 0.457 e. The van der Waals surface area contributed by atoms with Crippen molar-refractivity contribution in [1.82, 2.24) is 4.90 Å². The van der Waals surface area contributed by atoms with E-state index < -0.39 is 28.5 Å². The average molecular weight is 563 g/mol. The zero-order chi connectivity index (χ0) is 24.4. The van der Waals surface area contributed by atoms with Crippen LogP contribution in [0, 0.1) is 10.1 Å². The number of carbonyl (C=O) groups excluding carboxylic acids is 3. The molecule has 9 nitrogen and oxygen atoms in total. The van der Waals surface area contributed by atoms with Gasteiger partial charge in [0.2, 0.25) is 5.91 Å². The number of imide groups is 1. The highest BCUT2D eigenvalue weighted by Gasteiger charge is 2.36. The van der Waals surface area contributed by atoms with Crippen LogP contribution in [0.5, 0.6) is 0 Å². The summed E-state index contributed by atoms with van der Waals surface area (Å²) in [5, 5.41) is 13.4. The van der Waals surface area contributed by atoms with Crippen molar-refractivity contribution in [3.63, 3.8) is 0 Å². The summed E-state index contributed by atoms with van der Waals surface area (Å²) in [4.78, 5) is 48.7. The summed E-state index contributed by atoms with van der Waals surface area (Å²) in [5.41, 5.74) is 0.951. The van der Waals surface area contributed by atoms with Gasteiger partial charge >= 0.3 is 0 Å². The second kappa shape index (κ2) is 9.84. The molecule has 0 radical (unpaired) electrons. The maximum absolute atomic E-state index is 12.7. The Balaban J connectivity index is 1.47. The Hall–Kier alpha value is -3.41. The van der Waals surface area contributed by atoms with Gasteiger partial charge in [-0.2, -0.15) is 0 Å². The molecular weight excluding hydrogens is 550 g/mol. The van der Waals surface area contributed by atoms with Crippen molar-refractivity contribution in [3.8, 4) is 11.3 Å². The molecular formula is C22H13BrClN3O6S. The van der Waals surface area contributed by atoms with Crippen LogP contribution in [0.2, 0.25) is 5.02 Å². The summed E-state index contributed by atoms with van der Waals surface area (Å²) in [6, 6.07) is 14.0. The first-order chi connectivity index (χ1) is 16.2. The van der Waals surface area contributed by atoms with Gasteiger partial charge in [-0.05, 0) is 64.1 Å². The number of nitro groups is 1. The number of furan rings is 1. The summed E-state index contributed by atoms with van der Waals surface area (Å²) in [6.45, 7) is -0.451. The molecule has 0 aliphatic carbocycles. The number of hydrogen-bond acceptors (Lipinski definition) is 7. The zero-order valence-electron chi connectivity index (χ0n) is 17.0. The van der Waals surface area contributed by atoms with E-state index in [0.717, 1.165) is 4.90 Å². The van der Waals surface area contributed by atoms with E-state index in [9.17, 15) is 24.5 Å². The minimum absolute atomic E-state index is 0.0736. The predicted molar refractivity (Wildman–Crippen MR) is 131 cm³/mol. The lowest BCUT2D eigenvalue weighted by Crippen LogP contribution is -2.36. The lowest BCUT2D eigenvalue weighted by atomic mass is 10.1. The standard InChI is InChI=1S/C22H13BrClN3O6S/c23-17-9-14(27(31)32)4-6-16(17)18-7-5-15(33-18)10-19-21(29)26(22(30)34-19)11-20(28)25-13-3-1-2-12(24)8-13/h1-10H,11H2,(H,25,28)/b19-10+. The predicted octanol–water partition coefficient (Wildman–Crippen LogP) is 5.95. The van der Waals surface area contributed by atoms with E-state index in [2.05, 4.69) is 21.2 Å². The SMILES string of the molecule is O=C(CN1C(=O)S/C(=C/c2ccc(-c3ccc([N+](=O)[O-])cc3Br)o2)C1=O)Nc1cccc(Cl)c1. The highest BCUT2D eigenvalue weighted by atomic mass is 79.9. The van der Waals surface area contributed by atoms with Crippen LogP contribution in [0.1, 0.15) is 5.76 Å². The van der Waals surface area contributed by atoms with Gasteiger partial charge in [0.15, 0.2) is 0 Å². The molecule has 0 spiro atoms. The second-order valence-corrected chi connectivity index (χ2v) is 9.23. The third-order valence-electron chi connectivity index (χ3n) is 4.61. The van der Waals surface area contributed by atoms with Crippen molar-refractivity contribution in [2.45, 2.75) is 0 Å². The molecule has 4 rings (SSSR count). The maximum atomic E-state index is 12.7. The van der Waals surface area contributed by atoms with E-state index in [0.29, 0.717) is 44.0 Å². The molecule has 1 N–H and O–H groups in total. The molecule has 0 saturated carbocycles. The first-order valence-corrected chi connectivity index (χ1v) is 11.5. The molecule has 3 aromatic rings. The van der Waals surface area contributed by atoms with Crippen LogP contribution in [-0.4, -0.2) is 33.4 Å². The lowest BCUT2D eigenvalue weighted by molar-refractivity contribution is -0.384. The lowest BCUT2D eigenvalue weighted by Gasteiger charge is -2.12. The molecule has 12 heteroatoms. The molecule has 2 heterocycles. The van der Waals surface area contributed by atoms with Gasteiger partial charge in [-0.15, -0.1) is 0 Å². The number of nitrogens with zero attached hydrogens (tertiary/aromatic N) is 2. The molecule has 1 aromatic heterocycles. The number of non-ortho nitro benzene ring substituents is 1. The monoisotopic (exact) mass is 561 g/mol. The van der Waals surface area contributed by atoms with Gasteiger partial charge in [0.1, 0.15) is 18.1 Å². The number of hydrogen-bond donors (Lipinski definition) is 1. The minimum Gasteiger partial charge on any atom is -0.457 e. The fourth-order valence-electron chi connectivity index (χ4n) is 3.07. The van der Waals surface area contributed by atoms with Crippen molar-refractivity contribution in [2.24, 2.45) is 0 Å². The summed E-state index contributed by atoms with van der Waals surface area (Å²) in [7, 11) is 0. The Morgan fingerprint density at radius 3 is 2.71 bits per heavy atom. The van der Waals surface area contributed by atoms with Gasteiger partial charge in [-0.1, -0.05) is 17.7 Å². The van der Waals surface area contributed by atoms with E-state index in [4.69, 9.17) is 16.0 Å². The van der Waals surface area contributed by atoms with Crippen LogP contribution < -0.4 is 5.32 Å². The molecule has 0 bridgehead atoms. The summed E-state index contributed by atoms with van der Waals surface area (Å²) >= 11 is 9.88. The number of rotatable bonds is 6. The van der Waals surface area contributed by atoms with Crippen molar-refractivity contribution < 1.29 is 23.7 Å². The van der Waals surface area contributed by atoms with Crippen LogP contribution in [0.25, 0.3) is 17.4 Å². The van der Waals surface area contributed by atoms with Crippen molar-refractivity contribution >= 4 is 73.8 Å². The molecule has 1 aliphatic rings. The van der Waals surface area contributed by atoms with Gasteiger partial charge < -0.3 is 9.73 Å². The molecule has 1 aliphatic heterocycles. The maximum Gasteiger partial charge on any atom is 0.294 e. The average Bonchev–Trinajstić information content (AvgIpc) is 3.34. The molecule has 172 valence electrons. The number of thioether (sulfide) groups is 1. The first-order valence-electron chi connectivity index (χ1n) is 9.56. The van der Waals surface area contributed by atoms with E-state index in [1.807, 2.05) is 0 Å². The van der Waals surface area contributed by atoms with E-state index in [1.165, 1.54) is 24.3 Å². The van der Waals surface area contributed by atoms with Gasteiger partial charge in [0.25, 0.3) is 16.8 Å². The number of carbonyl (C=O) groups is 3.